The van der Waals surface area contributed by atoms with Crippen molar-refractivity contribution in [1.82, 2.24) is 10.2 Å². The summed E-state index contributed by atoms with van der Waals surface area (Å²) in [7, 11) is 0. The first-order chi connectivity index (χ1) is 13.1. The number of nitrogens with zero attached hydrogens (tertiary/aromatic N) is 1. The molecular formula is C21H21ClN2O3. The Morgan fingerprint density at radius 2 is 1.96 bits per heavy atom. The van der Waals surface area contributed by atoms with Crippen molar-refractivity contribution in [2.45, 2.75) is 25.4 Å². The first-order valence-electron chi connectivity index (χ1n) is 9.15. The molecule has 27 heavy (non-hydrogen) atoms. The van der Waals surface area contributed by atoms with Gasteiger partial charge in [-0.05, 0) is 17.7 Å². The second-order valence-corrected chi connectivity index (χ2v) is 7.41. The van der Waals surface area contributed by atoms with Crippen LogP contribution in [0.25, 0.3) is 0 Å². The standard InChI is InChI=1S/C21H21ClN2O3/c22-17-7-3-1-5-14(17)12-24-13-15(11-20(24)25)21(26)23-18-9-10-27-19-8-4-2-6-16(18)19/h1-8,15,18H,9-13H2,(H,23,26)/t15-,18-/m1/s1. The lowest BCUT2D eigenvalue weighted by Crippen LogP contribution is -2.37. The number of carbonyl (C=O) groups excluding carboxylic acids is 2. The number of rotatable bonds is 4. The van der Waals surface area contributed by atoms with Gasteiger partial charge in [0.2, 0.25) is 11.8 Å². The van der Waals surface area contributed by atoms with Crippen LogP contribution in [0.4, 0.5) is 0 Å². The highest BCUT2D eigenvalue weighted by molar-refractivity contribution is 6.31. The number of likely N-dealkylation sites (tertiary alicyclic amines) is 1. The van der Waals surface area contributed by atoms with Crippen LogP contribution in [-0.2, 0) is 16.1 Å². The van der Waals surface area contributed by atoms with Gasteiger partial charge in [-0.2, -0.15) is 0 Å². The third kappa shape index (κ3) is 3.78. The minimum absolute atomic E-state index is 0.0116. The van der Waals surface area contributed by atoms with Gasteiger partial charge in [-0.1, -0.05) is 48.0 Å². The van der Waals surface area contributed by atoms with E-state index in [-0.39, 0.29) is 30.2 Å². The molecule has 2 aliphatic rings. The topological polar surface area (TPSA) is 58.6 Å². The zero-order chi connectivity index (χ0) is 18.8. The highest BCUT2D eigenvalue weighted by atomic mass is 35.5. The minimum atomic E-state index is -0.338. The number of ether oxygens (including phenoxy) is 1. The summed E-state index contributed by atoms with van der Waals surface area (Å²) < 4.78 is 5.65. The molecule has 1 fully saturated rings. The van der Waals surface area contributed by atoms with Gasteiger partial charge in [-0.3, -0.25) is 9.59 Å². The Kier molecular flexibility index (Phi) is 5.03. The van der Waals surface area contributed by atoms with Crippen LogP contribution in [0.15, 0.2) is 48.5 Å². The molecule has 2 aromatic carbocycles. The molecule has 6 heteroatoms. The highest BCUT2D eigenvalue weighted by Crippen LogP contribution is 2.32. The van der Waals surface area contributed by atoms with Crippen molar-refractivity contribution in [1.29, 1.82) is 0 Å². The van der Waals surface area contributed by atoms with E-state index in [1.165, 1.54) is 0 Å². The average Bonchev–Trinajstić information content (AvgIpc) is 3.05. The van der Waals surface area contributed by atoms with Crippen molar-refractivity contribution >= 4 is 23.4 Å². The van der Waals surface area contributed by atoms with E-state index < -0.39 is 0 Å². The number of hydrogen-bond donors (Lipinski definition) is 1. The molecule has 4 rings (SSSR count). The molecule has 2 heterocycles. The van der Waals surface area contributed by atoms with Crippen molar-refractivity contribution < 1.29 is 14.3 Å². The molecular weight excluding hydrogens is 364 g/mol. The van der Waals surface area contributed by atoms with E-state index >= 15 is 0 Å². The summed E-state index contributed by atoms with van der Waals surface area (Å²) in [6.07, 6.45) is 0.966. The summed E-state index contributed by atoms with van der Waals surface area (Å²) in [4.78, 5) is 26.9. The number of nitrogens with one attached hydrogen (secondary N) is 1. The fourth-order valence-corrected chi connectivity index (χ4v) is 3.91. The van der Waals surface area contributed by atoms with E-state index in [2.05, 4.69) is 5.32 Å². The van der Waals surface area contributed by atoms with Gasteiger partial charge in [0.1, 0.15) is 5.75 Å². The summed E-state index contributed by atoms with van der Waals surface area (Å²) in [5.74, 6) is 0.390. The second kappa shape index (κ2) is 7.61. The lowest BCUT2D eigenvalue weighted by atomic mass is 9.99. The van der Waals surface area contributed by atoms with Gasteiger partial charge in [0.25, 0.3) is 0 Å². The monoisotopic (exact) mass is 384 g/mol. The number of halogens is 1. The number of para-hydroxylation sites is 1. The van der Waals surface area contributed by atoms with Gasteiger partial charge in [0.15, 0.2) is 0 Å². The average molecular weight is 385 g/mol. The fourth-order valence-electron chi connectivity index (χ4n) is 3.71. The Morgan fingerprint density at radius 3 is 2.81 bits per heavy atom. The van der Waals surface area contributed by atoms with Crippen molar-refractivity contribution in [3.05, 3.63) is 64.7 Å². The summed E-state index contributed by atoms with van der Waals surface area (Å²) in [6.45, 7) is 1.42. The number of carbonyl (C=O) groups is 2. The maximum Gasteiger partial charge on any atom is 0.225 e. The minimum Gasteiger partial charge on any atom is -0.493 e. The maximum absolute atomic E-state index is 12.8. The van der Waals surface area contributed by atoms with E-state index in [1.807, 2.05) is 48.5 Å². The van der Waals surface area contributed by atoms with Gasteiger partial charge < -0.3 is 15.0 Å². The second-order valence-electron chi connectivity index (χ2n) is 7.00. The zero-order valence-corrected chi connectivity index (χ0v) is 15.6. The van der Waals surface area contributed by atoms with Crippen LogP contribution >= 0.6 is 11.6 Å². The Bertz CT molecular complexity index is 870. The molecule has 0 unspecified atom stereocenters. The van der Waals surface area contributed by atoms with Gasteiger partial charge in [-0.15, -0.1) is 0 Å². The molecule has 1 N–H and O–H groups in total. The predicted molar refractivity (Wildman–Crippen MR) is 102 cm³/mol. The van der Waals surface area contributed by atoms with Crippen LogP contribution in [-0.4, -0.2) is 29.9 Å². The van der Waals surface area contributed by atoms with Gasteiger partial charge >= 0.3 is 0 Å². The molecule has 0 radical (unpaired) electrons. The summed E-state index contributed by atoms with van der Waals surface area (Å²) in [5.41, 5.74) is 1.89. The maximum atomic E-state index is 12.8. The quantitative estimate of drug-likeness (QED) is 0.879. The third-order valence-electron chi connectivity index (χ3n) is 5.18. The molecule has 2 amide bonds. The number of benzene rings is 2. The molecule has 0 bridgehead atoms. The van der Waals surface area contributed by atoms with E-state index in [9.17, 15) is 9.59 Å². The SMILES string of the molecule is O=C(N[C@@H]1CCOc2ccccc21)[C@@H]1CC(=O)N(Cc2ccccc2Cl)C1. The van der Waals surface area contributed by atoms with Gasteiger partial charge in [0, 0.05) is 36.5 Å². The summed E-state index contributed by atoms with van der Waals surface area (Å²) in [6, 6.07) is 15.2. The molecule has 5 nitrogen and oxygen atoms in total. The van der Waals surface area contributed by atoms with Gasteiger partial charge in [0.05, 0.1) is 18.6 Å². The van der Waals surface area contributed by atoms with Crippen LogP contribution in [0.3, 0.4) is 0 Å². The van der Waals surface area contributed by atoms with E-state index in [4.69, 9.17) is 16.3 Å². The van der Waals surface area contributed by atoms with E-state index in [1.54, 1.807) is 4.90 Å². The fraction of sp³-hybridized carbons (Fsp3) is 0.333. The van der Waals surface area contributed by atoms with Crippen molar-refractivity contribution in [3.63, 3.8) is 0 Å². The van der Waals surface area contributed by atoms with Crippen molar-refractivity contribution in [2.75, 3.05) is 13.2 Å². The van der Waals surface area contributed by atoms with Crippen LogP contribution < -0.4 is 10.1 Å². The lowest BCUT2D eigenvalue weighted by molar-refractivity contribution is -0.129. The number of fused-ring (bicyclic) bond motifs is 1. The normalized spacial score (nSPS) is 21.5. The smallest absolute Gasteiger partial charge is 0.225 e. The molecule has 1 saturated heterocycles. The van der Waals surface area contributed by atoms with E-state index in [0.29, 0.717) is 24.7 Å². The van der Waals surface area contributed by atoms with Crippen LogP contribution in [0.1, 0.15) is 30.0 Å². The summed E-state index contributed by atoms with van der Waals surface area (Å²) in [5, 5.41) is 3.75. The van der Waals surface area contributed by atoms with Crippen LogP contribution in [0, 0.1) is 5.92 Å². The largest absolute Gasteiger partial charge is 0.493 e. The van der Waals surface area contributed by atoms with E-state index in [0.717, 1.165) is 23.3 Å². The molecule has 2 aromatic rings. The first kappa shape index (κ1) is 17.9. The molecule has 140 valence electrons. The van der Waals surface area contributed by atoms with Crippen LogP contribution in [0.5, 0.6) is 5.75 Å². The molecule has 2 atom stereocenters. The Morgan fingerprint density at radius 1 is 1.19 bits per heavy atom. The molecule has 0 saturated carbocycles. The third-order valence-corrected chi connectivity index (χ3v) is 5.55. The van der Waals surface area contributed by atoms with Gasteiger partial charge in [-0.25, -0.2) is 0 Å². The molecule has 2 aliphatic heterocycles. The lowest BCUT2D eigenvalue weighted by Gasteiger charge is -2.27. The van der Waals surface area contributed by atoms with Crippen LogP contribution in [0.2, 0.25) is 5.02 Å². The zero-order valence-electron chi connectivity index (χ0n) is 14.9. The molecule has 0 spiro atoms. The Hall–Kier alpha value is -2.53. The Balaban J connectivity index is 1.41. The summed E-state index contributed by atoms with van der Waals surface area (Å²) >= 11 is 6.20. The first-order valence-corrected chi connectivity index (χ1v) is 9.53. The van der Waals surface area contributed by atoms with Crippen molar-refractivity contribution in [3.8, 4) is 5.75 Å². The number of hydrogen-bond acceptors (Lipinski definition) is 3. The Labute approximate surface area is 163 Å². The highest BCUT2D eigenvalue weighted by Gasteiger charge is 2.36. The number of amides is 2. The predicted octanol–water partition coefficient (Wildman–Crippen LogP) is 3.33. The van der Waals surface area contributed by atoms with Crippen molar-refractivity contribution in [2.24, 2.45) is 5.92 Å². The molecule has 0 aromatic heterocycles. The molecule has 0 aliphatic carbocycles.